The number of fused-ring (bicyclic) bond motifs is 2. The lowest BCUT2D eigenvalue weighted by atomic mass is 9.84. The minimum Gasteiger partial charge on any atom is -0.480 e. The molecule has 180 valence electrons. The van der Waals surface area contributed by atoms with Crippen molar-refractivity contribution in [2.24, 2.45) is 4.99 Å². The van der Waals surface area contributed by atoms with E-state index in [-0.39, 0.29) is 12.4 Å². The van der Waals surface area contributed by atoms with Gasteiger partial charge in [-0.1, -0.05) is 13.8 Å². The standard InChI is InChI=1S/C27H27FN4O3/c1-16-22(13-31(30-16)14-24(33)34)25-21-9-17-11-29-12-18(17)10-23(21)32(20-7-5-19(28)6-8-20)26(25)27(2,3)15-35-4/h5-10,12-13H,11,14-15H2,1-4H3,(H,33,34). The van der Waals surface area contributed by atoms with Gasteiger partial charge >= 0.3 is 5.97 Å². The van der Waals surface area contributed by atoms with Gasteiger partial charge in [0.2, 0.25) is 0 Å². The first-order chi connectivity index (χ1) is 16.7. The van der Waals surface area contributed by atoms with E-state index in [1.807, 2.05) is 13.1 Å². The molecule has 0 bridgehead atoms. The molecule has 4 aromatic rings. The molecular weight excluding hydrogens is 447 g/mol. The topological polar surface area (TPSA) is 81.6 Å². The number of benzene rings is 2. The number of aromatic nitrogens is 3. The second-order valence-corrected chi connectivity index (χ2v) is 9.61. The van der Waals surface area contributed by atoms with Gasteiger partial charge < -0.3 is 14.4 Å². The molecule has 1 aliphatic rings. The number of rotatable bonds is 7. The molecule has 3 heterocycles. The van der Waals surface area contributed by atoms with Gasteiger partial charge in [0.1, 0.15) is 12.4 Å². The highest BCUT2D eigenvalue weighted by molar-refractivity contribution is 6.03. The first-order valence-corrected chi connectivity index (χ1v) is 11.4. The van der Waals surface area contributed by atoms with Crippen molar-refractivity contribution >= 4 is 23.1 Å². The number of hydrogen-bond acceptors (Lipinski definition) is 4. The monoisotopic (exact) mass is 474 g/mol. The van der Waals surface area contributed by atoms with E-state index in [1.165, 1.54) is 16.8 Å². The summed E-state index contributed by atoms with van der Waals surface area (Å²) in [6.45, 7) is 6.94. The van der Waals surface area contributed by atoms with E-state index in [0.29, 0.717) is 13.2 Å². The van der Waals surface area contributed by atoms with Crippen LogP contribution in [0.1, 0.15) is 36.4 Å². The quantitative estimate of drug-likeness (QED) is 0.414. The molecule has 35 heavy (non-hydrogen) atoms. The zero-order valence-corrected chi connectivity index (χ0v) is 20.2. The maximum atomic E-state index is 13.9. The van der Waals surface area contributed by atoms with Gasteiger partial charge in [0.15, 0.2) is 0 Å². The molecule has 5 rings (SSSR count). The van der Waals surface area contributed by atoms with Crippen LogP contribution in [-0.2, 0) is 28.0 Å². The van der Waals surface area contributed by atoms with Gasteiger partial charge in [0, 0.05) is 52.8 Å². The highest BCUT2D eigenvalue weighted by atomic mass is 19.1. The highest BCUT2D eigenvalue weighted by Crippen LogP contribution is 2.45. The van der Waals surface area contributed by atoms with Crippen molar-refractivity contribution < 1.29 is 19.0 Å². The number of carbonyl (C=O) groups is 1. The third kappa shape index (κ3) is 3.93. The lowest BCUT2D eigenvalue weighted by Crippen LogP contribution is -2.27. The van der Waals surface area contributed by atoms with Gasteiger partial charge in [0.05, 0.1) is 24.4 Å². The Hall–Kier alpha value is -3.78. The van der Waals surface area contributed by atoms with Crippen LogP contribution in [0.5, 0.6) is 0 Å². The first-order valence-electron chi connectivity index (χ1n) is 11.4. The smallest absolute Gasteiger partial charge is 0.325 e. The van der Waals surface area contributed by atoms with Crippen molar-refractivity contribution in [1.82, 2.24) is 14.3 Å². The molecule has 0 fully saturated rings. The van der Waals surface area contributed by atoms with Crippen LogP contribution in [-0.4, -0.2) is 45.4 Å². The van der Waals surface area contributed by atoms with E-state index < -0.39 is 11.4 Å². The fourth-order valence-corrected chi connectivity index (χ4v) is 5.08. The van der Waals surface area contributed by atoms with Crippen molar-refractivity contribution in [2.75, 3.05) is 13.7 Å². The number of methoxy groups -OCH3 is 1. The summed E-state index contributed by atoms with van der Waals surface area (Å²) >= 11 is 0. The summed E-state index contributed by atoms with van der Waals surface area (Å²) in [5.41, 5.74) is 7.06. The Morgan fingerprint density at radius 2 is 1.97 bits per heavy atom. The number of aliphatic imine (C=N–C) groups is 1. The second-order valence-electron chi connectivity index (χ2n) is 9.61. The van der Waals surface area contributed by atoms with Crippen LogP contribution in [0.3, 0.4) is 0 Å². The summed E-state index contributed by atoms with van der Waals surface area (Å²) in [6.07, 6.45) is 3.68. The molecule has 0 radical (unpaired) electrons. The molecule has 0 saturated heterocycles. The molecule has 2 aromatic carbocycles. The van der Waals surface area contributed by atoms with E-state index in [4.69, 9.17) is 4.74 Å². The number of hydrogen-bond donors (Lipinski definition) is 1. The molecular formula is C27H27FN4O3. The molecule has 1 N–H and O–H groups in total. The van der Waals surface area contributed by atoms with Crippen molar-refractivity contribution in [3.63, 3.8) is 0 Å². The van der Waals surface area contributed by atoms with E-state index in [1.54, 1.807) is 25.4 Å². The first kappa shape index (κ1) is 23.0. The summed E-state index contributed by atoms with van der Waals surface area (Å²) in [7, 11) is 1.67. The third-order valence-corrected chi connectivity index (χ3v) is 6.46. The number of carboxylic acid groups (broad SMARTS) is 1. The molecule has 0 aliphatic carbocycles. The zero-order chi connectivity index (χ0) is 24.9. The Kier molecular flexibility index (Phi) is 5.56. The summed E-state index contributed by atoms with van der Waals surface area (Å²) in [6, 6.07) is 10.7. The predicted octanol–water partition coefficient (Wildman–Crippen LogP) is 4.88. The molecule has 0 spiro atoms. The van der Waals surface area contributed by atoms with Crippen LogP contribution < -0.4 is 0 Å². The summed E-state index contributed by atoms with van der Waals surface area (Å²) < 4.78 is 23.1. The summed E-state index contributed by atoms with van der Waals surface area (Å²) in [5, 5.41) is 14.8. The van der Waals surface area contributed by atoms with Crippen molar-refractivity contribution in [1.29, 1.82) is 0 Å². The average molecular weight is 475 g/mol. The van der Waals surface area contributed by atoms with E-state index in [2.05, 4.69) is 40.6 Å². The van der Waals surface area contributed by atoms with Crippen LogP contribution in [0, 0.1) is 12.7 Å². The van der Waals surface area contributed by atoms with Crippen LogP contribution in [0.25, 0.3) is 27.7 Å². The Labute approximate surface area is 202 Å². The molecule has 1 aliphatic heterocycles. The number of halogens is 1. The van der Waals surface area contributed by atoms with Crippen molar-refractivity contribution in [3.8, 4) is 16.8 Å². The Bertz CT molecular complexity index is 1480. The minimum absolute atomic E-state index is 0.225. The molecule has 0 atom stereocenters. The van der Waals surface area contributed by atoms with Crippen LogP contribution in [0.15, 0.2) is 47.6 Å². The SMILES string of the molecule is COCC(C)(C)c1c(-c2cn(CC(=O)O)nc2C)c2cc3c(cc2n1-c1ccc(F)cc1)C=NC3. The largest absolute Gasteiger partial charge is 0.480 e. The average Bonchev–Trinajstić information content (AvgIpc) is 3.47. The van der Waals surface area contributed by atoms with E-state index >= 15 is 0 Å². The maximum absolute atomic E-state index is 13.9. The molecule has 7 nitrogen and oxygen atoms in total. The molecule has 0 amide bonds. The van der Waals surface area contributed by atoms with Crippen LogP contribution in [0.2, 0.25) is 0 Å². The maximum Gasteiger partial charge on any atom is 0.325 e. The second kappa shape index (κ2) is 8.46. The fraction of sp³-hybridized carbons (Fsp3) is 0.296. The Morgan fingerprint density at radius 1 is 1.23 bits per heavy atom. The highest BCUT2D eigenvalue weighted by Gasteiger charge is 2.33. The van der Waals surface area contributed by atoms with Crippen LogP contribution >= 0.6 is 0 Å². The number of carboxylic acids is 1. The molecule has 0 saturated carbocycles. The zero-order valence-electron chi connectivity index (χ0n) is 20.2. The van der Waals surface area contributed by atoms with Gasteiger partial charge in [0.25, 0.3) is 0 Å². The predicted molar refractivity (Wildman–Crippen MR) is 133 cm³/mol. The van der Waals surface area contributed by atoms with Crippen LogP contribution in [0.4, 0.5) is 4.39 Å². The lowest BCUT2D eigenvalue weighted by molar-refractivity contribution is -0.137. The number of ether oxygens (including phenoxy) is 1. The van der Waals surface area contributed by atoms with Gasteiger partial charge in [-0.2, -0.15) is 5.10 Å². The van der Waals surface area contributed by atoms with Gasteiger partial charge in [-0.05, 0) is 54.4 Å². The van der Waals surface area contributed by atoms with E-state index in [9.17, 15) is 14.3 Å². The summed E-state index contributed by atoms with van der Waals surface area (Å²) in [4.78, 5) is 15.8. The molecule has 0 unspecified atom stereocenters. The number of nitrogens with zero attached hydrogens (tertiary/aromatic N) is 4. The minimum atomic E-state index is -0.956. The van der Waals surface area contributed by atoms with Crippen molar-refractivity contribution in [3.05, 3.63) is 70.9 Å². The van der Waals surface area contributed by atoms with Crippen molar-refractivity contribution in [2.45, 2.75) is 39.3 Å². The Morgan fingerprint density at radius 3 is 2.66 bits per heavy atom. The molecule has 2 aromatic heterocycles. The fourth-order valence-electron chi connectivity index (χ4n) is 5.08. The van der Waals surface area contributed by atoms with Gasteiger partial charge in [-0.3, -0.25) is 14.5 Å². The van der Waals surface area contributed by atoms with E-state index in [0.717, 1.165) is 50.2 Å². The number of aryl methyl sites for hydroxylation is 1. The van der Waals surface area contributed by atoms with Gasteiger partial charge in [-0.25, -0.2) is 4.39 Å². The van der Waals surface area contributed by atoms with Gasteiger partial charge in [-0.15, -0.1) is 0 Å². The number of aliphatic carboxylic acids is 1. The summed E-state index contributed by atoms with van der Waals surface area (Å²) in [5.74, 6) is -1.26. The Balaban J connectivity index is 1.91. The lowest BCUT2D eigenvalue weighted by Gasteiger charge is -2.28. The molecule has 8 heteroatoms. The third-order valence-electron chi connectivity index (χ3n) is 6.46. The normalized spacial score (nSPS) is 13.1.